The van der Waals surface area contributed by atoms with Gasteiger partial charge in [-0.1, -0.05) is 13.8 Å². The van der Waals surface area contributed by atoms with Gasteiger partial charge < -0.3 is 5.32 Å². The first-order valence-electron chi connectivity index (χ1n) is 6.48. The molecule has 0 radical (unpaired) electrons. The Kier molecular flexibility index (Phi) is 6.16. The molecule has 1 aromatic heterocycles. The molecule has 3 nitrogen and oxygen atoms in total. The lowest BCUT2D eigenvalue weighted by Gasteiger charge is -2.10. The molecule has 1 heterocycles. The third kappa shape index (κ3) is 4.79. The summed E-state index contributed by atoms with van der Waals surface area (Å²) in [6.45, 7) is 9.88. The average molecular weight is 223 g/mol. The van der Waals surface area contributed by atoms with Gasteiger partial charge in [0.1, 0.15) is 0 Å². The Hall–Kier alpha value is -0.830. The van der Waals surface area contributed by atoms with Crippen LogP contribution in [0.4, 0.5) is 0 Å². The zero-order chi connectivity index (χ0) is 11.8. The highest BCUT2D eigenvalue weighted by atomic mass is 15.3. The van der Waals surface area contributed by atoms with Gasteiger partial charge in [0, 0.05) is 12.7 Å². The van der Waals surface area contributed by atoms with Gasteiger partial charge in [-0.2, -0.15) is 5.10 Å². The first-order chi connectivity index (χ1) is 7.76. The van der Waals surface area contributed by atoms with E-state index in [0.717, 1.165) is 32.0 Å². The maximum absolute atomic E-state index is 4.30. The van der Waals surface area contributed by atoms with Crippen LogP contribution in [0.1, 0.15) is 39.2 Å². The molecule has 0 aliphatic heterocycles. The summed E-state index contributed by atoms with van der Waals surface area (Å²) in [5, 5.41) is 7.75. The van der Waals surface area contributed by atoms with E-state index in [-0.39, 0.29) is 0 Å². The maximum Gasteiger partial charge on any atom is 0.0521 e. The smallest absolute Gasteiger partial charge is 0.0521 e. The Morgan fingerprint density at radius 1 is 1.38 bits per heavy atom. The van der Waals surface area contributed by atoms with E-state index in [4.69, 9.17) is 0 Å². The van der Waals surface area contributed by atoms with Crippen molar-refractivity contribution in [2.45, 2.75) is 46.6 Å². The van der Waals surface area contributed by atoms with Gasteiger partial charge >= 0.3 is 0 Å². The quantitative estimate of drug-likeness (QED) is 0.686. The standard InChI is InChI=1S/C13H25N3/c1-4-7-14-8-6-12(3)9-13-10-15-16(5-2)11-13/h10-12,14H,4-9H2,1-3H3. The molecule has 0 aromatic carbocycles. The predicted octanol–water partition coefficient (Wildman–Crippen LogP) is 2.47. The summed E-state index contributed by atoms with van der Waals surface area (Å²) in [6, 6.07) is 0. The third-order valence-corrected chi connectivity index (χ3v) is 2.84. The molecule has 1 aromatic rings. The van der Waals surface area contributed by atoms with E-state index in [1.165, 1.54) is 18.4 Å². The lowest BCUT2D eigenvalue weighted by Crippen LogP contribution is -2.18. The minimum Gasteiger partial charge on any atom is -0.317 e. The summed E-state index contributed by atoms with van der Waals surface area (Å²) in [4.78, 5) is 0. The van der Waals surface area contributed by atoms with E-state index in [2.05, 4.69) is 37.4 Å². The number of nitrogens with zero attached hydrogens (tertiary/aromatic N) is 2. The molecule has 0 fully saturated rings. The van der Waals surface area contributed by atoms with E-state index in [0.29, 0.717) is 0 Å². The number of rotatable bonds is 8. The van der Waals surface area contributed by atoms with Crippen LogP contribution in [-0.2, 0) is 13.0 Å². The van der Waals surface area contributed by atoms with Crippen LogP contribution >= 0.6 is 0 Å². The summed E-state index contributed by atoms with van der Waals surface area (Å²) >= 11 is 0. The molecule has 1 unspecified atom stereocenters. The van der Waals surface area contributed by atoms with Crippen molar-refractivity contribution in [2.24, 2.45) is 5.92 Å². The van der Waals surface area contributed by atoms with Gasteiger partial charge in [0.15, 0.2) is 0 Å². The second kappa shape index (κ2) is 7.44. The van der Waals surface area contributed by atoms with Gasteiger partial charge in [0.2, 0.25) is 0 Å². The van der Waals surface area contributed by atoms with Crippen molar-refractivity contribution < 1.29 is 0 Å². The SMILES string of the molecule is CCCNCCC(C)Cc1cnn(CC)c1. The van der Waals surface area contributed by atoms with Crippen LogP contribution in [0.3, 0.4) is 0 Å². The number of aromatic nitrogens is 2. The second-order valence-corrected chi connectivity index (χ2v) is 4.55. The first-order valence-corrected chi connectivity index (χ1v) is 6.48. The molecular formula is C13H25N3. The molecular weight excluding hydrogens is 198 g/mol. The number of hydrogen-bond acceptors (Lipinski definition) is 2. The van der Waals surface area contributed by atoms with Gasteiger partial charge in [-0.05, 0) is 50.8 Å². The maximum atomic E-state index is 4.30. The molecule has 0 saturated carbocycles. The van der Waals surface area contributed by atoms with E-state index in [1.54, 1.807) is 0 Å². The zero-order valence-corrected chi connectivity index (χ0v) is 10.9. The lowest BCUT2D eigenvalue weighted by atomic mass is 10.0. The van der Waals surface area contributed by atoms with Gasteiger partial charge in [-0.15, -0.1) is 0 Å². The van der Waals surface area contributed by atoms with Crippen molar-refractivity contribution >= 4 is 0 Å². The Morgan fingerprint density at radius 3 is 2.81 bits per heavy atom. The van der Waals surface area contributed by atoms with Crippen molar-refractivity contribution in [1.29, 1.82) is 0 Å². The van der Waals surface area contributed by atoms with Crippen LogP contribution in [0.5, 0.6) is 0 Å². The predicted molar refractivity (Wildman–Crippen MR) is 68.5 cm³/mol. The fourth-order valence-corrected chi connectivity index (χ4v) is 1.84. The summed E-state index contributed by atoms with van der Waals surface area (Å²) in [7, 11) is 0. The molecule has 16 heavy (non-hydrogen) atoms. The van der Waals surface area contributed by atoms with Crippen LogP contribution < -0.4 is 5.32 Å². The molecule has 0 aliphatic carbocycles. The Bertz CT molecular complexity index is 280. The van der Waals surface area contributed by atoms with Crippen LogP contribution in [0, 0.1) is 5.92 Å². The molecule has 92 valence electrons. The van der Waals surface area contributed by atoms with E-state index in [1.807, 2.05) is 10.9 Å². The number of aryl methyl sites for hydroxylation is 1. The van der Waals surface area contributed by atoms with E-state index >= 15 is 0 Å². The molecule has 0 spiro atoms. The zero-order valence-electron chi connectivity index (χ0n) is 10.9. The molecule has 1 atom stereocenters. The average Bonchev–Trinajstić information content (AvgIpc) is 2.72. The largest absolute Gasteiger partial charge is 0.317 e. The highest BCUT2D eigenvalue weighted by Crippen LogP contribution is 2.10. The van der Waals surface area contributed by atoms with Gasteiger partial charge in [-0.25, -0.2) is 0 Å². The highest BCUT2D eigenvalue weighted by molar-refractivity contribution is 5.04. The fraction of sp³-hybridized carbons (Fsp3) is 0.769. The summed E-state index contributed by atoms with van der Waals surface area (Å²) < 4.78 is 2.00. The van der Waals surface area contributed by atoms with E-state index < -0.39 is 0 Å². The molecule has 3 heteroatoms. The van der Waals surface area contributed by atoms with Crippen LogP contribution in [0.2, 0.25) is 0 Å². The van der Waals surface area contributed by atoms with Crippen molar-refractivity contribution in [1.82, 2.24) is 15.1 Å². The monoisotopic (exact) mass is 223 g/mol. The number of hydrogen-bond donors (Lipinski definition) is 1. The summed E-state index contributed by atoms with van der Waals surface area (Å²) in [6.07, 6.45) is 7.78. The Labute approximate surface area is 99.2 Å². The summed E-state index contributed by atoms with van der Waals surface area (Å²) in [5.74, 6) is 0.735. The highest BCUT2D eigenvalue weighted by Gasteiger charge is 2.05. The molecule has 1 N–H and O–H groups in total. The molecule has 0 amide bonds. The van der Waals surface area contributed by atoms with Gasteiger partial charge in [0.25, 0.3) is 0 Å². The van der Waals surface area contributed by atoms with Gasteiger partial charge in [0.05, 0.1) is 6.20 Å². The van der Waals surface area contributed by atoms with Crippen molar-refractivity contribution in [2.75, 3.05) is 13.1 Å². The van der Waals surface area contributed by atoms with Crippen LogP contribution in [0.25, 0.3) is 0 Å². The fourth-order valence-electron chi connectivity index (χ4n) is 1.84. The normalized spacial score (nSPS) is 12.9. The van der Waals surface area contributed by atoms with Crippen molar-refractivity contribution in [3.63, 3.8) is 0 Å². The lowest BCUT2D eigenvalue weighted by molar-refractivity contribution is 0.498. The molecule has 1 rings (SSSR count). The molecule has 0 saturated heterocycles. The second-order valence-electron chi connectivity index (χ2n) is 4.55. The van der Waals surface area contributed by atoms with Gasteiger partial charge in [-0.3, -0.25) is 4.68 Å². The molecule has 0 aliphatic rings. The van der Waals surface area contributed by atoms with Crippen LogP contribution in [0.15, 0.2) is 12.4 Å². The first kappa shape index (κ1) is 13.2. The van der Waals surface area contributed by atoms with Crippen LogP contribution in [-0.4, -0.2) is 22.9 Å². The Balaban J connectivity index is 2.20. The van der Waals surface area contributed by atoms with Crippen molar-refractivity contribution in [3.8, 4) is 0 Å². The number of nitrogens with one attached hydrogen (secondary N) is 1. The minimum absolute atomic E-state index is 0.735. The van der Waals surface area contributed by atoms with E-state index in [9.17, 15) is 0 Å². The summed E-state index contributed by atoms with van der Waals surface area (Å²) in [5.41, 5.74) is 1.37. The van der Waals surface area contributed by atoms with Crippen molar-refractivity contribution in [3.05, 3.63) is 18.0 Å². The topological polar surface area (TPSA) is 29.9 Å². The Morgan fingerprint density at radius 2 is 2.19 bits per heavy atom. The minimum atomic E-state index is 0.735. The third-order valence-electron chi connectivity index (χ3n) is 2.84. The molecule has 0 bridgehead atoms.